The number of ether oxygens (including phenoxy) is 3. The molecule has 0 aliphatic rings. The lowest BCUT2D eigenvalue weighted by molar-refractivity contribution is -0.119. The lowest BCUT2D eigenvalue weighted by Gasteiger charge is -2.19. The number of unbranched alkanes of at least 4 members (excludes halogenated alkanes) is 1. The first-order valence-electron chi connectivity index (χ1n) is 18.7. The number of aryl methyl sites for hydroxylation is 3. The monoisotopic (exact) mass is 844 g/mol. The minimum Gasteiger partial charge on any atom is -0.497 e. The predicted octanol–water partition coefficient (Wildman–Crippen LogP) is 6.32. The number of terminal acetylenes is 1. The molecule has 0 spiro atoms. The normalized spacial score (nSPS) is 10.3. The van der Waals surface area contributed by atoms with Gasteiger partial charge in [0.15, 0.2) is 11.7 Å². The molecule has 3 heterocycles. The van der Waals surface area contributed by atoms with E-state index < -0.39 is 11.7 Å². The largest absolute Gasteiger partial charge is 0.497 e. The standard InChI is InChI=1S/C18H22N6O2.C13H19N3O2.C10H11N3O2.ClH/c1-26-17-7-5-13(6-8-17)9-16(25)12-24-11-15(22-23-24)4-2-3-14-10-20-18(19)21-14;1-5-6-7-8-10-9-16(11(14)15-10)12(17)18-13(2,3)4;1-15-10-4-2-8(3-5-10)6-9(14)7-12-13-11;/h5-8,10-11H,2-4,9,12H2,1H3,(H3,19,20,21);1,9H,6-8H2,2-4H3,(H2,14,15);2-5H,6-7H2,1H3;1H. The zero-order valence-electron chi connectivity index (χ0n) is 34.5. The fourth-order valence-electron chi connectivity index (χ4n) is 5.23. The number of carbonyl (C=O) groups is 3. The van der Waals surface area contributed by atoms with Gasteiger partial charge >= 0.3 is 6.09 Å². The van der Waals surface area contributed by atoms with Crippen molar-refractivity contribution in [1.29, 1.82) is 0 Å². The molecule has 3 aromatic heterocycles. The minimum atomic E-state index is -0.558. The summed E-state index contributed by atoms with van der Waals surface area (Å²) in [5, 5.41) is 11.4. The molecule has 19 heteroatoms. The number of nitrogen functional groups attached to an aromatic ring is 2. The number of nitrogens with two attached hydrogens (primary N) is 2. The Kier molecular flexibility index (Phi) is 21.0. The number of hydrogen-bond donors (Lipinski definition) is 3. The number of nitrogens with one attached hydrogen (secondary N) is 1. The quantitative estimate of drug-likeness (QED) is 0.0305. The second-order valence-corrected chi connectivity index (χ2v) is 14.1. The van der Waals surface area contributed by atoms with Crippen molar-refractivity contribution in [3.63, 3.8) is 0 Å². The number of anilines is 2. The molecule has 0 fully saturated rings. The van der Waals surface area contributed by atoms with Crippen LogP contribution in [0.3, 0.4) is 0 Å². The van der Waals surface area contributed by atoms with E-state index in [2.05, 4.69) is 41.2 Å². The number of H-pyrrole nitrogens is 1. The van der Waals surface area contributed by atoms with E-state index in [1.165, 1.54) is 4.57 Å². The molecule has 5 rings (SSSR count). The first-order valence-corrected chi connectivity index (χ1v) is 18.7. The van der Waals surface area contributed by atoms with Crippen LogP contribution in [0.15, 0.2) is 72.2 Å². The molecule has 0 bridgehead atoms. The highest BCUT2D eigenvalue weighted by molar-refractivity contribution is 5.85. The number of hydrogen-bond acceptors (Lipinski definition) is 13. The lowest BCUT2D eigenvalue weighted by atomic mass is 10.1. The zero-order valence-corrected chi connectivity index (χ0v) is 35.4. The number of imidazole rings is 2. The Morgan fingerprint density at radius 3 is 2.03 bits per heavy atom. The molecule has 0 atom stereocenters. The number of aromatic amines is 1. The van der Waals surface area contributed by atoms with Crippen molar-refractivity contribution in [3.05, 3.63) is 106 Å². The van der Waals surface area contributed by atoms with Crippen molar-refractivity contribution in [2.45, 2.75) is 84.3 Å². The first-order chi connectivity index (χ1) is 28.2. The van der Waals surface area contributed by atoms with Gasteiger partial charge in [0, 0.05) is 42.3 Å². The molecule has 320 valence electrons. The molecule has 0 saturated carbocycles. The summed E-state index contributed by atoms with van der Waals surface area (Å²) in [7, 11) is 3.20. The fraction of sp³-hybridized carbons (Fsp3) is 0.390. The second kappa shape index (κ2) is 25.5. The van der Waals surface area contributed by atoms with Crippen LogP contribution in [-0.4, -0.2) is 78.5 Å². The molecule has 0 radical (unpaired) electrons. The number of rotatable bonds is 17. The van der Waals surface area contributed by atoms with Gasteiger partial charge in [0.25, 0.3) is 0 Å². The van der Waals surface area contributed by atoms with E-state index in [0.717, 1.165) is 65.4 Å². The number of Topliss-reactive ketones (excluding diaryl/α,β-unsaturated/α-hetero) is 2. The Balaban J connectivity index is 0.000000322. The minimum absolute atomic E-state index is 0. The van der Waals surface area contributed by atoms with Crippen LogP contribution < -0.4 is 20.9 Å². The van der Waals surface area contributed by atoms with Gasteiger partial charge < -0.3 is 30.7 Å². The molecule has 0 aliphatic carbocycles. The van der Waals surface area contributed by atoms with Crippen molar-refractivity contribution in [3.8, 4) is 23.8 Å². The van der Waals surface area contributed by atoms with Gasteiger partial charge in [-0.1, -0.05) is 34.6 Å². The van der Waals surface area contributed by atoms with E-state index in [1.807, 2.05) is 42.6 Å². The number of methoxy groups -OCH3 is 2. The number of halogens is 1. The zero-order chi connectivity index (χ0) is 43.2. The van der Waals surface area contributed by atoms with Crippen LogP contribution in [0.1, 0.15) is 68.2 Å². The predicted molar refractivity (Wildman–Crippen MR) is 230 cm³/mol. The van der Waals surface area contributed by atoms with Crippen LogP contribution in [0, 0.1) is 12.3 Å². The summed E-state index contributed by atoms with van der Waals surface area (Å²) >= 11 is 0. The fourth-order valence-corrected chi connectivity index (χ4v) is 5.23. The highest BCUT2D eigenvalue weighted by Gasteiger charge is 2.20. The van der Waals surface area contributed by atoms with Crippen LogP contribution in [0.25, 0.3) is 10.4 Å². The Morgan fingerprint density at radius 2 is 1.50 bits per heavy atom. The number of nitrogens with zero attached hydrogens (tertiary/aromatic N) is 9. The van der Waals surface area contributed by atoms with E-state index in [0.29, 0.717) is 25.2 Å². The second-order valence-electron chi connectivity index (χ2n) is 14.1. The van der Waals surface area contributed by atoms with E-state index in [1.54, 1.807) is 64.2 Å². The van der Waals surface area contributed by atoms with Crippen molar-refractivity contribution in [2.24, 2.45) is 5.11 Å². The summed E-state index contributed by atoms with van der Waals surface area (Å²) < 4.78 is 18.1. The summed E-state index contributed by atoms with van der Waals surface area (Å²) in [5.41, 5.74) is 23.2. The van der Waals surface area contributed by atoms with Gasteiger partial charge in [-0.2, -0.15) is 0 Å². The molecule has 0 amide bonds. The Bertz CT molecular complexity index is 2180. The molecule has 60 heavy (non-hydrogen) atoms. The van der Waals surface area contributed by atoms with Crippen LogP contribution in [0.4, 0.5) is 16.7 Å². The third-order valence-electron chi connectivity index (χ3n) is 8.01. The highest BCUT2D eigenvalue weighted by atomic mass is 35.5. The Labute approximate surface area is 355 Å². The molecule has 0 saturated heterocycles. The summed E-state index contributed by atoms with van der Waals surface area (Å²) in [6.45, 7) is 5.52. The molecule has 2 aromatic carbocycles. The Hall–Kier alpha value is -6.83. The van der Waals surface area contributed by atoms with Gasteiger partial charge in [0.2, 0.25) is 5.95 Å². The summed E-state index contributed by atoms with van der Waals surface area (Å²) in [5.74, 6) is 4.64. The molecule has 5 aromatic rings. The van der Waals surface area contributed by atoms with Crippen molar-refractivity contribution < 1.29 is 28.6 Å². The average molecular weight is 845 g/mol. The molecule has 18 nitrogen and oxygen atoms in total. The third kappa shape index (κ3) is 18.6. The van der Waals surface area contributed by atoms with Gasteiger partial charge in [0.1, 0.15) is 29.4 Å². The number of ketones is 2. The summed E-state index contributed by atoms with van der Waals surface area (Å²) in [4.78, 5) is 48.8. The molecule has 5 N–H and O–H groups in total. The van der Waals surface area contributed by atoms with Crippen LogP contribution >= 0.6 is 12.4 Å². The maximum Gasteiger partial charge on any atom is 0.421 e. The van der Waals surface area contributed by atoms with Crippen molar-refractivity contribution >= 4 is 42.0 Å². The first kappa shape index (κ1) is 49.3. The number of aromatic nitrogens is 7. The van der Waals surface area contributed by atoms with Crippen molar-refractivity contribution in [2.75, 3.05) is 32.2 Å². The summed E-state index contributed by atoms with van der Waals surface area (Å²) in [6, 6.07) is 14.7. The smallest absolute Gasteiger partial charge is 0.421 e. The van der Waals surface area contributed by atoms with E-state index >= 15 is 0 Å². The number of benzene rings is 2. The van der Waals surface area contributed by atoms with Gasteiger partial charge in [-0.25, -0.2) is 24.0 Å². The number of azide groups is 1. The SMILES string of the molecule is C#CCCCc1cn(C(=O)OC(C)(C)C)c(N)n1.COc1ccc(CC(=O)CN=[N+]=[N-])cc1.COc1ccc(CC(=O)Cn2cc(CCCc3cnc(N)[nH]3)nn2)cc1.Cl. The third-order valence-corrected chi connectivity index (χ3v) is 8.01. The van der Waals surface area contributed by atoms with Gasteiger partial charge in [-0.05, 0) is 93.8 Å². The van der Waals surface area contributed by atoms with E-state index in [-0.39, 0.29) is 49.4 Å². The van der Waals surface area contributed by atoms with Gasteiger partial charge in [-0.15, -0.1) is 29.8 Å². The lowest BCUT2D eigenvalue weighted by Crippen LogP contribution is -2.27. The molecule has 0 unspecified atom stereocenters. The highest BCUT2D eigenvalue weighted by Crippen LogP contribution is 2.15. The molecule has 0 aliphatic heterocycles. The van der Waals surface area contributed by atoms with E-state index in [4.69, 9.17) is 37.6 Å². The van der Waals surface area contributed by atoms with Crippen molar-refractivity contribution in [1.82, 2.24) is 34.5 Å². The van der Waals surface area contributed by atoms with Crippen LogP contribution in [-0.2, 0) is 53.0 Å². The topological polar surface area (TPSA) is 257 Å². The number of carbonyl (C=O) groups excluding carboxylic acids is 3. The molecular formula is C41H53ClN12O6. The maximum atomic E-state index is 12.2. The van der Waals surface area contributed by atoms with Gasteiger partial charge in [-0.3, -0.25) is 9.59 Å². The van der Waals surface area contributed by atoms with Crippen LogP contribution in [0.2, 0.25) is 0 Å². The molecular weight excluding hydrogens is 792 g/mol. The average Bonchev–Trinajstić information content (AvgIpc) is 3.94. The van der Waals surface area contributed by atoms with Crippen LogP contribution in [0.5, 0.6) is 11.5 Å². The Morgan fingerprint density at radius 1 is 0.900 bits per heavy atom. The maximum absolute atomic E-state index is 12.2. The van der Waals surface area contributed by atoms with Gasteiger partial charge in [0.05, 0.1) is 38.3 Å². The summed E-state index contributed by atoms with van der Waals surface area (Å²) in [6.07, 6.45) is 15.2. The van der Waals surface area contributed by atoms with E-state index in [9.17, 15) is 14.4 Å².